The van der Waals surface area contributed by atoms with Crippen LogP contribution in [0.5, 0.6) is 5.75 Å². The molecule has 5 nitrogen and oxygen atoms in total. The predicted octanol–water partition coefficient (Wildman–Crippen LogP) is 1.59. The van der Waals surface area contributed by atoms with Crippen LogP contribution in [0, 0.1) is 11.3 Å². The molecule has 0 aliphatic rings. The molecule has 1 aromatic rings. The first-order valence-corrected chi connectivity index (χ1v) is 7.12. The molecular weight excluding hydrogens is 266 g/mol. The molecule has 0 aliphatic heterocycles. The highest BCUT2D eigenvalue weighted by Gasteiger charge is 2.01. The maximum atomic E-state index is 11.2. The summed E-state index contributed by atoms with van der Waals surface area (Å²) in [5, 5.41) is 11.1. The zero-order chi connectivity index (χ0) is 15.5. The minimum atomic E-state index is -0.228. The van der Waals surface area contributed by atoms with Crippen LogP contribution in [0.25, 0.3) is 0 Å². The highest BCUT2D eigenvalue weighted by Crippen LogP contribution is 2.13. The molecule has 0 aromatic heterocycles. The van der Waals surface area contributed by atoms with Gasteiger partial charge in [0.05, 0.1) is 12.7 Å². The van der Waals surface area contributed by atoms with Crippen LogP contribution >= 0.6 is 0 Å². The van der Waals surface area contributed by atoms with Gasteiger partial charge in [-0.25, -0.2) is 0 Å². The van der Waals surface area contributed by atoms with E-state index in [-0.39, 0.29) is 12.3 Å². The van der Waals surface area contributed by atoms with Crippen LogP contribution in [0.15, 0.2) is 24.3 Å². The van der Waals surface area contributed by atoms with Crippen molar-refractivity contribution >= 4 is 5.91 Å². The third-order valence-corrected chi connectivity index (χ3v) is 2.89. The molecule has 0 aliphatic carbocycles. The van der Waals surface area contributed by atoms with Gasteiger partial charge in [0.25, 0.3) is 0 Å². The fourth-order valence-electron chi connectivity index (χ4n) is 1.84. The summed E-state index contributed by atoms with van der Waals surface area (Å²) in [7, 11) is 4.09. The van der Waals surface area contributed by atoms with Crippen molar-refractivity contribution in [1.29, 1.82) is 5.26 Å². The van der Waals surface area contributed by atoms with E-state index < -0.39 is 0 Å². The maximum Gasteiger partial charge on any atom is 0.234 e. The van der Waals surface area contributed by atoms with Crippen LogP contribution in [-0.2, 0) is 11.2 Å². The normalized spacial score (nSPS) is 10.2. The maximum absolute atomic E-state index is 11.2. The number of carbonyl (C=O) groups excluding carboxylic acids is 1. The Hall–Kier alpha value is -2.06. The Morgan fingerprint density at radius 3 is 2.95 bits per heavy atom. The molecule has 0 atom stereocenters. The van der Waals surface area contributed by atoms with Gasteiger partial charge in [-0.1, -0.05) is 12.1 Å². The molecule has 0 saturated heterocycles. The third-order valence-electron chi connectivity index (χ3n) is 2.89. The molecule has 0 fully saturated rings. The van der Waals surface area contributed by atoms with E-state index in [0.29, 0.717) is 13.2 Å². The summed E-state index contributed by atoms with van der Waals surface area (Å²) >= 11 is 0. The summed E-state index contributed by atoms with van der Waals surface area (Å²) < 4.78 is 5.71. The van der Waals surface area contributed by atoms with E-state index in [2.05, 4.69) is 10.2 Å². The molecule has 5 heteroatoms. The first-order chi connectivity index (χ1) is 10.1. The topological polar surface area (TPSA) is 65.4 Å². The molecule has 1 N–H and O–H groups in total. The molecule has 1 aromatic carbocycles. The highest BCUT2D eigenvalue weighted by molar-refractivity contribution is 5.77. The molecular formula is C16H23N3O2. The molecule has 0 unspecified atom stereocenters. The summed E-state index contributed by atoms with van der Waals surface area (Å²) in [5.74, 6) is 0.628. The zero-order valence-corrected chi connectivity index (χ0v) is 12.8. The largest absolute Gasteiger partial charge is 0.494 e. The van der Waals surface area contributed by atoms with Crippen LogP contribution < -0.4 is 10.1 Å². The third kappa shape index (κ3) is 7.95. The van der Waals surface area contributed by atoms with Gasteiger partial charge < -0.3 is 15.0 Å². The number of nitrogens with zero attached hydrogens (tertiary/aromatic N) is 2. The van der Waals surface area contributed by atoms with Gasteiger partial charge in [0, 0.05) is 13.1 Å². The Labute approximate surface area is 126 Å². The van der Waals surface area contributed by atoms with Crippen molar-refractivity contribution in [1.82, 2.24) is 10.2 Å². The minimum Gasteiger partial charge on any atom is -0.494 e. The summed E-state index contributed by atoms with van der Waals surface area (Å²) in [6, 6.07) is 9.71. The average molecular weight is 289 g/mol. The Balaban J connectivity index is 2.31. The molecule has 0 radical (unpaired) electrons. The minimum absolute atomic E-state index is 0.0883. The predicted molar refractivity (Wildman–Crippen MR) is 82.1 cm³/mol. The van der Waals surface area contributed by atoms with Crippen LogP contribution in [-0.4, -0.2) is 44.6 Å². The van der Waals surface area contributed by atoms with E-state index in [1.807, 2.05) is 44.4 Å². The lowest BCUT2D eigenvalue weighted by atomic mass is 10.1. The van der Waals surface area contributed by atoms with Crippen molar-refractivity contribution in [3.8, 4) is 11.8 Å². The van der Waals surface area contributed by atoms with Crippen LogP contribution in [0.1, 0.15) is 18.4 Å². The Bertz CT molecular complexity index is 481. The van der Waals surface area contributed by atoms with Gasteiger partial charge in [-0.2, -0.15) is 5.26 Å². The summed E-state index contributed by atoms with van der Waals surface area (Å²) in [6.45, 7) is 2.23. The smallest absolute Gasteiger partial charge is 0.234 e. The number of nitrogens with one attached hydrogen (secondary N) is 1. The van der Waals surface area contributed by atoms with E-state index in [4.69, 9.17) is 10.00 Å². The van der Waals surface area contributed by atoms with Gasteiger partial charge in [0.15, 0.2) is 0 Å². The zero-order valence-electron chi connectivity index (χ0n) is 12.8. The van der Waals surface area contributed by atoms with Crippen LogP contribution in [0.4, 0.5) is 0 Å². The molecule has 1 amide bonds. The van der Waals surface area contributed by atoms with Crippen LogP contribution in [0.3, 0.4) is 0 Å². The molecule has 0 heterocycles. The Morgan fingerprint density at radius 1 is 1.43 bits per heavy atom. The van der Waals surface area contributed by atoms with Gasteiger partial charge in [-0.3, -0.25) is 4.79 Å². The quantitative estimate of drug-likeness (QED) is 0.701. The number of hydrogen-bond donors (Lipinski definition) is 1. The van der Waals surface area contributed by atoms with Crippen molar-refractivity contribution in [2.24, 2.45) is 0 Å². The summed E-state index contributed by atoms with van der Waals surface area (Å²) in [5.41, 5.74) is 1.11. The van der Waals surface area contributed by atoms with E-state index in [1.165, 1.54) is 0 Å². The fourth-order valence-corrected chi connectivity index (χ4v) is 1.84. The Kier molecular flexibility index (Phi) is 7.92. The first-order valence-electron chi connectivity index (χ1n) is 7.12. The molecule has 114 valence electrons. The number of benzene rings is 1. The lowest BCUT2D eigenvalue weighted by molar-refractivity contribution is -0.120. The Morgan fingerprint density at radius 2 is 2.24 bits per heavy atom. The van der Waals surface area contributed by atoms with Gasteiger partial charge in [-0.15, -0.1) is 0 Å². The number of hydrogen-bond acceptors (Lipinski definition) is 4. The van der Waals surface area contributed by atoms with Crippen LogP contribution in [0.2, 0.25) is 0 Å². The molecule has 0 bridgehead atoms. The second-order valence-corrected chi connectivity index (χ2v) is 5.09. The van der Waals surface area contributed by atoms with Crippen molar-refractivity contribution in [2.45, 2.75) is 19.3 Å². The molecule has 21 heavy (non-hydrogen) atoms. The van der Waals surface area contributed by atoms with Gasteiger partial charge in [0.1, 0.15) is 12.2 Å². The lowest BCUT2D eigenvalue weighted by Crippen LogP contribution is -2.24. The van der Waals surface area contributed by atoms with Crippen molar-refractivity contribution < 1.29 is 9.53 Å². The SMILES string of the molecule is CN(C)CCCOc1cccc(CCNC(=O)CC#N)c1. The fraction of sp³-hybridized carbons (Fsp3) is 0.500. The average Bonchev–Trinajstić information content (AvgIpc) is 2.44. The van der Waals surface area contributed by atoms with Crippen molar-refractivity contribution in [2.75, 3.05) is 33.8 Å². The van der Waals surface area contributed by atoms with E-state index in [9.17, 15) is 4.79 Å². The van der Waals surface area contributed by atoms with Crippen molar-refractivity contribution in [3.63, 3.8) is 0 Å². The second kappa shape index (κ2) is 9.78. The number of ether oxygens (including phenoxy) is 1. The summed E-state index contributed by atoms with van der Waals surface area (Å²) in [4.78, 5) is 13.3. The number of amides is 1. The lowest BCUT2D eigenvalue weighted by Gasteiger charge is -2.11. The first kappa shape index (κ1) is 17.0. The van der Waals surface area contributed by atoms with E-state index in [1.54, 1.807) is 0 Å². The van der Waals surface area contributed by atoms with E-state index >= 15 is 0 Å². The van der Waals surface area contributed by atoms with Crippen molar-refractivity contribution in [3.05, 3.63) is 29.8 Å². The number of carbonyl (C=O) groups is 1. The number of nitriles is 1. The second-order valence-electron chi connectivity index (χ2n) is 5.09. The standard InChI is InChI=1S/C16H23N3O2/c1-19(2)11-4-12-21-15-6-3-5-14(13-15)8-10-18-16(20)7-9-17/h3,5-6,13H,4,7-8,10-12H2,1-2H3,(H,18,20). The summed E-state index contributed by atoms with van der Waals surface area (Å²) in [6.07, 6.45) is 1.63. The monoisotopic (exact) mass is 289 g/mol. The molecule has 1 rings (SSSR count). The van der Waals surface area contributed by atoms with Gasteiger partial charge in [-0.05, 0) is 44.6 Å². The molecule has 0 saturated carbocycles. The van der Waals surface area contributed by atoms with E-state index in [0.717, 1.165) is 30.7 Å². The molecule has 0 spiro atoms. The van der Waals surface area contributed by atoms with Gasteiger partial charge >= 0.3 is 0 Å². The van der Waals surface area contributed by atoms with Gasteiger partial charge in [0.2, 0.25) is 5.91 Å². The highest BCUT2D eigenvalue weighted by atomic mass is 16.5. The number of rotatable bonds is 9.